The molecule has 0 aromatic carbocycles. The average Bonchev–Trinajstić information content (AvgIpc) is 2.57. The third-order valence-corrected chi connectivity index (χ3v) is 3.87. The molecule has 0 bridgehead atoms. The summed E-state index contributed by atoms with van der Waals surface area (Å²) in [5, 5.41) is 4.49. The molecule has 0 atom stereocenters. The van der Waals surface area contributed by atoms with Crippen molar-refractivity contribution in [3.8, 4) is 0 Å². The van der Waals surface area contributed by atoms with Crippen LogP contribution in [-0.2, 0) is 0 Å². The predicted molar refractivity (Wildman–Crippen MR) is 73.5 cm³/mol. The summed E-state index contributed by atoms with van der Waals surface area (Å²) < 4.78 is 0. The second kappa shape index (κ2) is 7.66. The molecule has 1 N–H and O–H groups in total. The molecule has 0 aliphatic carbocycles. The van der Waals surface area contributed by atoms with Crippen LogP contribution >= 0.6 is 11.3 Å². The minimum atomic E-state index is 1.07. The quantitative estimate of drug-likeness (QED) is 0.675. The minimum Gasteiger partial charge on any atom is -0.362 e. The lowest BCUT2D eigenvalue weighted by atomic mass is 10.1. The molecule has 92 valence electrons. The minimum absolute atomic E-state index is 1.07. The molecule has 0 unspecified atom stereocenters. The molecule has 0 saturated heterocycles. The van der Waals surface area contributed by atoms with E-state index in [2.05, 4.69) is 31.1 Å². The van der Waals surface area contributed by atoms with Gasteiger partial charge in [-0.05, 0) is 20.3 Å². The van der Waals surface area contributed by atoms with E-state index in [0.29, 0.717) is 0 Å². The van der Waals surface area contributed by atoms with Crippen molar-refractivity contribution in [2.75, 3.05) is 11.9 Å². The van der Waals surface area contributed by atoms with Crippen LogP contribution in [0.4, 0.5) is 5.13 Å². The lowest BCUT2D eigenvalue weighted by Crippen LogP contribution is -2.00. The van der Waals surface area contributed by atoms with E-state index < -0.39 is 0 Å². The number of nitrogens with zero attached hydrogens (tertiary/aromatic N) is 1. The molecule has 1 heterocycles. The van der Waals surface area contributed by atoms with E-state index in [-0.39, 0.29) is 0 Å². The zero-order valence-corrected chi connectivity index (χ0v) is 11.6. The molecule has 16 heavy (non-hydrogen) atoms. The second-order valence-corrected chi connectivity index (χ2v) is 5.56. The van der Waals surface area contributed by atoms with Gasteiger partial charge in [-0.1, -0.05) is 39.0 Å². The third kappa shape index (κ3) is 4.97. The lowest BCUT2D eigenvalue weighted by molar-refractivity contribution is 0.617. The molecule has 2 nitrogen and oxygen atoms in total. The maximum atomic E-state index is 4.46. The zero-order valence-electron chi connectivity index (χ0n) is 10.8. The number of anilines is 1. The Bertz CT molecular complexity index is 275. The monoisotopic (exact) mass is 240 g/mol. The molecular weight excluding hydrogens is 216 g/mol. The number of rotatable bonds is 8. The van der Waals surface area contributed by atoms with Crippen molar-refractivity contribution >= 4 is 16.5 Å². The van der Waals surface area contributed by atoms with Crippen LogP contribution in [0.15, 0.2) is 0 Å². The molecule has 0 amide bonds. The highest BCUT2D eigenvalue weighted by Crippen LogP contribution is 2.20. The number of nitrogens with one attached hydrogen (secondary N) is 1. The van der Waals surface area contributed by atoms with E-state index in [1.165, 1.54) is 43.4 Å². The van der Waals surface area contributed by atoms with Crippen LogP contribution in [0, 0.1) is 13.8 Å². The third-order valence-electron chi connectivity index (χ3n) is 2.84. The van der Waals surface area contributed by atoms with Gasteiger partial charge < -0.3 is 5.32 Å². The van der Waals surface area contributed by atoms with Gasteiger partial charge in [0.15, 0.2) is 5.13 Å². The van der Waals surface area contributed by atoms with Gasteiger partial charge in [-0.3, -0.25) is 0 Å². The average molecular weight is 240 g/mol. The molecule has 1 rings (SSSR count). The van der Waals surface area contributed by atoms with E-state index in [0.717, 1.165) is 17.4 Å². The van der Waals surface area contributed by atoms with Crippen LogP contribution in [0.5, 0.6) is 0 Å². The highest BCUT2D eigenvalue weighted by molar-refractivity contribution is 7.15. The van der Waals surface area contributed by atoms with Gasteiger partial charge in [0.05, 0.1) is 5.69 Å². The van der Waals surface area contributed by atoms with E-state index in [1.807, 2.05) is 0 Å². The van der Waals surface area contributed by atoms with Gasteiger partial charge in [-0.15, -0.1) is 11.3 Å². The summed E-state index contributed by atoms with van der Waals surface area (Å²) in [7, 11) is 0. The fourth-order valence-corrected chi connectivity index (χ4v) is 2.49. The molecular formula is C13H24N2S. The van der Waals surface area contributed by atoms with Gasteiger partial charge in [0, 0.05) is 11.4 Å². The Kier molecular flexibility index (Phi) is 6.46. The van der Waals surface area contributed by atoms with E-state index >= 15 is 0 Å². The van der Waals surface area contributed by atoms with Crippen molar-refractivity contribution in [3.05, 3.63) is 10.6 Å². The van der Waals surface area contributed by atoms with Gasteiger partial charge in [0.25, 0.3) is 0 Å². The molecule has 0 fully saturated rings. The highest BCUT2D eigenvalue weighted by atomic mass is 32.1. The van der Waals surface area contributed by atoms with E-state index in [1.54, 1.807) is 11.3 Å². The van der Waals surface area contributed by atoms with Crippen LogP contribution in [0.2, 0.25) is 0 Å². The van der Waals surface area contributed by atoms with Crippen molar-refractivity contribution in [3.63, 3.8) is 0 Å². The van der Waals surface area contributed by atoms with Crippen molar-refractivity contribution in [1.29, 1.82) is 0 Å². The summed E-state index contributed by atoms with van der Waals surface area (Å²) in [5.74, 6) is 0. The van der Waals surface area contributed by atoms with Crippen molar-refractivity contribution in [2.24, 2.45) is 0 Å². The summed E-state index contributed by atoms with van der Waals surface area (Å²) >= 11 is 1.76. The molecule has 0 aliphatic heterocycles. The highest BCUT2D eigenvalue weighted by Gasteiger charge is 2.01. The Labute approximate surface area is 103 Å². The first-order valence-electron chi connectivity index (χ1n) is 6.42. The molecule has 1 aromatic heterocycles. The van der Waals surface area contributed by atoms with Gasteiger partial charge >= 0.3 is 0 Å². The Balaban J connectivity index is 2.03. The summed E-state index contributed by atoms with van der Waals surface area (Å²) in [6, 6.07) is 0. The molecule has 0 aliphatic rings. The first kappa shape index (κ1) is 13.5. The SMILES string of the molecule is CCCCCCCCNc1nc(C)c(C)s1. The van der Waals surface area contributed by atoms with Gasteiger partial charge in [0.2, 0.25) is 0 Å². The first-order valence-corrected chi connectivity index (χ1v) is 7.23. The topological polar surface area (TPSA) is 24.9 Å². The molecule has 1 aromatic rings. The fourth-order valence-electron chi connectivity index (χ4n) is 1.65. The van der Waals surface area contributed by atoms with Gasteiger partial charge in [-0.2, -0.15) is 0 Å². The Morgan fingerprint density at radius 1 is 1.06 bits per heavy atom. The van der Waals surface area contributed by atoms with Crippen molar-refractivity contribution < 1.29 is 0 Å². The Morgan fingerprint density at radius 2 is 1.75 bits per heavy atom. The summed E-state index contributed by atoms with van der Waals surface area (Å²) in [4.78, 5) is 5.79. The number of thiazole rings is 1. The number of aryl methyl sites for hydroxylation is 2. The van der Waals surface area contributed by atoms with E-state index in [4.69, 9.17) is 0 Å². The zero-order chi connectivity index (χ0) is 11.8. The lowest BCUT2D eigenvalue weighted by Gasteiger charge is -2.02. The number of aromatic nitrogens is 1. The summed E-state index contributed by atoms with van der Waals surface area (Å²) in [6.45, 7) is 7.53. The van der Waals surface area contributed by atoms with E-state index in [9.17, 15) is 0 Å². The Hall–Kier alpha value is -0.570. The molecule has 0 spiro atoms. The van der Waals surface area contributed by atoms with Crippen LogP contribution in [0.25, 0.3) is 0 Å². The molecule has 0 radical (unpaired) electrons. The van der Waals surface area contributed by atoms with Crippen LogP contribution in [0.3, 0.4) is 0 Å². The van der Waals surface area contributed by atoms with Crippen molar-refractivity contribution in [1.82, 2.24) is 4.98 Å². The smallest absolute Gasteiger partial charge is 0.183 e. The number of hydrogen-bond acceptors (Lipinski definition) is 3. The molecule has 0 saturated carbocycles. The fraction of sp³-hybridized carbons (Fsp3) is 0.769. The van der Waals surface area contributed by atoms with Gasteiger partial charge in [0.1, 0.15) is 0 Å². The van der Waals surface area contributed by atoms with Crippen molar-refractivity contribution in [2.45, 2.75) is 59.3 Å². The predicted octanol–water partition coefficient (Wildman–Crippen LogP) is 4.53. The standard InChI is InChI=1S/C13H24N2S/c1-4-5-6-7-8-9-10-14-13-15-11(2)12(3)16-13/h4-10H2,1-3H3,(H,14,15). The van der Waals surface area contributed by atoms with Crippen LogP contribution < -0.4 is 5.32 Å². The van der Waals surface area contributed by atoms with Gasteiger partial charge in [-0.25, -0.2) is 4.98 Å². The Morgan fingerprint density at radius 3 is 2.38 bits per heavy atom. The number of unbranched alkanes of at least 4 members (excludes halogenated alkanes) is 5. The molecule has 3 heteroatoms. The van der Waals surface area contributed by atoms with Crippen LogP contribution in [-0.4, -0.2) is 11.5 Å². The van der Waals surface area contributed by atoms with Crippen LogP contribution in [0.1, 0.15) is 56.0 Å². The maximum Gasteiger partial charge on any atom is 0.183 e. The normalized spacial score (nSPS) is 10.7. The largest absolute Gasteiger partial charge is 0.362 e. The second-order valence-electron chi connectivity index (χ2n) is 4.36. The summed E-state index contributed by atoms with van der Waals surface area (Å²) in [5.41, 5.74) is 1.16. The first-order chi connectivity index (χ1) is 7.74. The summed E-state index contributed by atoms with van der Waals surface area (Å²) in [6.07, 6.45) is 8.10. The number of hydrogen-bond donors (Lipinski definition) is 1. The maximum absolute atomic E-state index is 4.46.